The van der Waals surface area contributed by atoms with Crippen molar-refractivity contribution in [2.24, 2.45) is 0 Å². The van der Waals surface area contributed by atoms with E-state index >= 15 is 0 Å². The van der Waals surface area contributed by atoms with E-state index < -0.39 is 0 Å². The Morgan fingerprint density at radius 2 is 1.83 bits per heavy atom. The lowest BCUT2D eigenvalue weighted by Gasteiger charge is -2.10. The van der Waals surface area contributed by atoms with Crippen LogP contribution in [0.15, 0.2) is 47.6 Å². The van der Waals surface area contributed by atoms with E-state index in [0.29, 0.717) is 29.0 Å². The van der Waals surface area contributed by atoms with Crippen LogP contribution in [-0.4, -0.2) is 46.6 Å². The Morgan fingerprint density at radius 1 is 1.06 bits per heavy atom. The second-order valence-corrected chi connectivity index (χ2v) is 8.91. The molecule has 2 aromatic carbocycles. The van der Waals surface area contributed by atoms with Crippen molar-refractivity contribution < 1.29 is 19.1 Å². The van der Waals surface area contributed by atoms with Crippen molar-refractivity contribution in [1.82, 2.24) is 20.1 Å². The summed E-state index contributed by atoms with van der Waals surface area (Å²) >= 11 is 1.31. The van der Waals surface area contributed by atoms with Crippen LogP contribution in [0.2, 0.25) is 0 Å². The number of carbonyl (C=O) groups is 2. The Labute approximate surface area is 215 Å². The smallest absolute Gasteiger partial charge is 0.244 e. The van der Waals surface area contributed by atoms with Crippen molar-refractivity contribution in [2.75, 3.05) is 25.3 Å². The molecule has 0 aliphatic carbocycles. The highest BCUT2D eigenvalue weighted by Gasteiger charge is 2.14. The minimum Gasteiger partial charge on any atom is -0.493 e. The molecule has 1 heterocycles. The van der Waals surface area contributed by atoms with Crippen molar-refractivity contribution >= 4 is 35.3 Å². The van der Waals surface area contributed by atoms with Gasteiger partial charge in [0.2, 0.25) is 11.8 Å². The number of rotatable bonds is 11. The van der Waals surface area contributed by atoms with Gasteiger partial charge in [-0.3, -0.25) is 9.59 Å². The quantitative estimate of drug-likeness (QED) is 0.297. The number of methoxy groups -OCH3 is 2. The molecule has 2 amide bonds. The molecule has 190 valence electrons. The van der Waals surface area contributed by atoms with E-state index in [4.69, 9.17) is 9.47 Å². The summed E-state index contributed by atoms with van der Waals surface area (Å²) in [6.07, 6.45) is 3.14. The number of hydrogen-bond donors (Lipinski definition) is 2. The van der Waals surface area contributed by atoms with E-state index in [2.05, 4.69) is 20.8 Å². The molecule has 36 heavy (non-hydrogen) atoms. The molecule has 0 aliphatic heterocycles. The van der Waals surface area contributed by atoms with Gasteiger partial charge in [0, 0.05) is 18.3 Å². The summed E-state index contributed by atoms with van der Waals surface area (Å²) in [5.41, 5.74) is 3.70. The summed E-state index contributed by atoms with van der Waals surface area (Å²) in [6, 6.07) is 11.3. The minimum absolute atomic E-state index is 0.116. The summed E-state index contributed by atoms with van der Waals surface area (Å²) in [4.78, 5) is 24.8. The average Bonchev–Trinajstić information content (AvgIpc) is 3.28. The SMILES string of the molecule is CCn1c(CNC(=O)/C=C/c2ccc(OC)c(OC)c2)nnc1SCC(=O)Nc1cc(C)ccc1C. The number of nitrogens with one attached hydrogen (secondary N) is 2. The maximum Gasteiger partial charge on any atom is 0.244 e. The van der Waals surface area contributed by atoms with E-state index in [0.717, 1.165) is 22.4 Å². The Bertz CT molecular complexity index is 1260. The summed E-state index contributed by atoms with van der Waals surface area (Å²) in [5, 5.41) is 14.8. The Hall–Kier alpha value is -3.79. The van der Waals surface area contributed by atoms with Gasteiger partial charge in [-0.1, -0.05) is 30.0 Å². The Balaban J connectivity index is 1.55. The molecule has 0 aliphatic rings. The van der Waals surface area contributed by atoms with E-state index in [1.54, 1.807) is 32.4 Å². The van der Waals surface area contributed by atoms with E-state index in [1.165, 1.54) is 17.8 Å². The van der Waals surface area contributed by atoms with Crippen molar-refractivity contribution in [3.63, 3.8) is 0 Å². The molecule has 0 bridgehead atoms. The van der Waals surface area contributed by atoms with Crippen LogP contribution in [0.25, 0.3) is 6.08 Å². The molecular formula is C26H31N5O4S. The fourth-order valence-electron chi connectivity index (χ4n) is 3.41. The largest absolute Gasteiger partial charge is 0.493 e. The van der Waals surface area contributed by atoms with Gasteiger partial charge < -0.3 is 24.7 Å². The van der Waals surface area contributed by atoms with Gasteiger partial charge in [0.05, 0.1) is 26.5 Å². The predicted octanol–water partition coefficient (Wildman–Crippen LogP) is 3.99. The van der Waals surface area contributed by atoms with Gasteiger partial charge in [-0.25, -0.2) is 0 Å². The molecule has 0 spiro atoms. The van der Waals surface area contributed by atoms with Gasteiger partial charge in [-0.2, -0.15) is 0 Å². The number of hydrogen-bond acceptors (Lipinski definition) is 7. The third-order valence-electron chi connectivity index (χ3n) is 5.36. The first-order chi connectivity index (χ1) is 17.3. The number of anilines is 1. The van der Waals surface area contributed by atoms with Gasteiger partial charge in [0.15, 0.2) is 22.5 Å². The van der Waals surface area contributed by atoms with Crippen LogP contribution >= 0.6 is 11.8 Å². The summed E-state index contributed by atoms with van der Waals surface area (Å²) in [5.74, 6) is 1.64. The monoisotopic (exact) mass is 509 g/mol. The number of aryl methyl sites for hydroxylation is 2. The number of ether oxygens (including phenoxy) is 2. The van der Waals surface area contributed by atoms with Gasteiger partial charge in [-0.15, -0.1) is 10.2 Å². The number of amides is 2. The fraction of sp³-hybridized carbons (Fsp3) is 0.308. The third-order valence-corrected chi connectivity index (χ3v) is 6.33. The lowest BCUT2D eigenvalue weighted by molar-refractivity contribution is -0.116. The number of aromatic nitrogens is 3. The topological polar surface area (TPSA) is 107 Å². The first-order valence-corrected chi connectivity index (χ1v) is 12.4. The molecule has 0 saturated carbocycles. The zero-order chi connectivity index (χ0) is 26.1. The maximum absolute atomic E-state index is 12.5. The molecule has 1 aromatic heterocycles. The van der Waals surface area contributed by atoms with Crippen molar-refractivity contribution in [3.8, 4) is 11.5 Å². The summed E-state index contributed by atoms with van der Waals surface area (Å²) in [7, 11) is 3.13. The number of nitrogens with zero attached hydrogens (tertiary/aromatic N) is 3. The zero-order valence-corrected chi connectivity index (χ0v) is 21.9. The van der Waals surface area contributed by atoms with E-state index in [1.807, 2.05) is 49.6 Å². The Morgan fingerprint density at radius 3 is 2.56 bits per heavy atom. The van der Waals surface area contributed by atoms with Gasteiger partial charge in [0.1, 0.15) is 0 Å². The highest BCUT2D eigenvalue weighted by Crippen LogP contribution is 2.28. The summed E-state index contributed by atoms with van der Waals surface area (Å²) in [6.45, 7) is 6.73. The van der Waals surface area contributed by atoms with Crippen molar-refractivity contribution in [1.29, 1.82) is 0 Å². The predicted molar refractivity (Wildman–Crippen MR) is 141 cm³/mol. The van der Waals surface area contributed by atoms with E-state index in [-0.39, 0.29) is 24.1 Å². The number of thioether (sulfide) groups is 1. The average molecular weight is 510 g/mol. The standard InChI is InChI=1S/C26H31N5O4S/c1-6-31-23(15-27-24(32)12-10-19-9-11-21(34-4)22(14-19)35-5)29-30-26(31)36-16-25(33)28-20-13-17(2)7-8-18(20)3/h7-14H,6,15-16H2,1-5H3,(H,27,32)(H,28,33)/b12-10+. The van der Waals surface area contributed by atoms with Crippen LogP contribution in [0.5, 0.6) is 11.5 Å². The van der Waals surface area contributed by atoms with Crippen LogP contribution < -0.4 is 20.1 Å². The molecule has 10 heteroatoms. The highest BCUT2D eigenvalue weighted by atomic mass is 32.2. The summed E-state index contributed by atoms with van der Waals surface area (Å²) < 4.78 is 12.4. The van der Waals surface area contributed by atoms with Gasteiger partial charge in [-0.05, 0) is 61.7 Å². The normalized spacial score (nSPS) is 10.9. The number of carbonyl (C=O) groups excluding carboxylic acids is 2. The van der Waals surface area contributed by atoms with Gasteiger partial charge >= 0.3 is 0 Å². The lowest BCUT2D eigenvalue weighted by Crippen LogP contribution is -2.22. The molecule has 9 nitrogen and oxygen atoms in total. The second kappa shape index (κ2) is 12.8. The molecule has 0 unspecified atom stereocenters. The first-order valence-electron chi connectivity index (χ1n) is 11.4. The fourth-order valence-corrected chi connectivity index (χ4v) is 4.24. The van der Waals surface area contributed by atoms with Crippen LogP contribution in [0.3, 0.4) is 0 Å². The third kappa shape index (κ3) is 7.11. The molecule has 3 rings (SSSR count). The second-order valence-electron chi connectivity index (χ2n) is 7.96. The molecule has 0 radical (unpaired) electrons. The first kappa shape index (κ1) is 26.8. The Kier molecular flexibility index (Phi) is 9.52. The van der Waals surface area contributed by atoms with Crippen LogP contribution in [-0.2, 0) is 22.7 Å². The molecule has 3 aromatic rings. The van der Waals surface area contributed by atoms with Crippen LogP contribution in [0.4, 0.5) is 5.69 Å². The number of benzene rings is 2. The maximum atomic E-state index is 12.5. The van der Waals surface area contributed by atoms with Crippen LogP contribution in [0.1, 0.15) is 29.4 Å². The van der Waals surface area contributed by atoms with Crippen molar-refractivity contribution in [2.45, 2.75) is 39.0 Å². The molecule has 0 fully saturated rings. The molecule has 0 atom stereocenters. The van der Waals surface area contributed by atoms with E-state index in [9.17, 15) is 9.59 Å². The molecular weight excluding hydrogens is 478 g/mol. The zero-order valence-electron chi connectivity index (χ0n) is 21.1. The minimum atomic E-state index is -0.266. The van der Waals surface area contributed by atoms with Crippen molar-refractivity contribution in [3.05, 3.63) is 65.0 Å². The van der Waals surface area contributed by atoms with Gasteiger partial charge in [0.25, 0.3) is 0 Å². The highest BCUT2D eigenvalue weighted by molar-refractivity contribution is 7.99. The molecule has 2 N–H and O–H groups in total. The van der Waals surface area contributed by atoms with Crippen LogP contribution in [0, 0.1) is 13.8 Å². The molecule has 0 saturated heterocycles. The lowest BCUT2D eigenvalue weighted by atomic mass is 10.1.